The van der Waals surface area contributed by atoms with Crippen LogP contribution in [-0.2, 0) is 4.74 Å². The molecule has 0 aliphatic heterocycles. The minimum Gasteiger partial charge on any atom is -0.491 e. The second kappa shape index (κ2) is 10.0. The second-order valence-corrected chi connectivity index (χ2v) is 8.08. The summed E-state index contributed by atoms with van der Waals surface area (Å²) >= 11 is 6.45. The Labute approximate surface area is 205 Å². The number of nitrogens with zero attached hydrogens (tertiary/aromatic N) is 2. The Morgan fingerprint density at radius 2 is 1.94 bits per heavy atom. The van der Waals surface area contributed by atoms with Crippen LogP contribution in [0, 0.1) is 0 Å². The summed E-state index contributed by atoms with van der Waals surface area (Å²) in [7, 11) is 1.64. The molecule has 8 nitrogen and oxygen atoms in total. The fourth-order valence-corrected chi connectivity index (χ4v) is 3.76. The lowest BCUT2D eigenvalue weighted by Gasteiger charge is -2.07. The highest BCUT2D eigenvalue weighted by Crippen LogP contribution is 2.31. The van der Waals surface area contributed by atoms with Crippen LogP contribution in [-0.4, -0.2) is 41.2 Å². The van der Waals surface area contributed by atoms with E-state index in [0.29, 0.717) is 41.0 Å². The normalized spacial score (nSPS) is 11.0. The Bertz CT molecular complexity index is 1460. The van der Waals surface area contributed by atoms with E-state index in [4.69, 9.17) is 25.5 Å². The van der Waals surface area contributed by atoms with Gasteiger partial charge in [0.05, 0.1) is 23.4 Å². The molecule has 1 amide bonds. The van der Waals surface area contributed by atoms with Crippen molar-refractivity contribution in [2.24, 2.45) is 0 Å². The monoisotopic (exact) mass is 488 g/mol. The van der Waals surface area contributed by atoms with Crippen LogP contribution >= 0.6 is 11.6 Å². The average Bonchev–Trinajstić information content (AvgIpc) is 3.56. The molecule has 0 aliphatic carbocycles. The third kappa shape index (κ3) is 5.03. The van der Waals surface area contributed by atoms with Gasteiger partial charge in [0.15, 0.2) is 11.4 Å². The first-order valence-corrected chi connectivity index (χ1v) is 11.2. The van der Waals surface area contributed by atoms with Crippen molar-refractivity contribution < 1.29 is 18.7 Å². The van der Waals surface area contributed by atoms with Gasteiger partial charge in [-0.25, -0.2) is 9.97 Å². The number of aromatic amines is 1. The number of nitrogens with one attached hydrogen (secondary N) is 2. The fourth-order valence-electron chi connectivity index (χ4n) is 3.56. The first-order valence-electron chi connectivity index (χ1n) is 10.8. The number of H-pyrrole nitrogens is 1. The van der Waals surface area contributed by atoms with E-state index in [1.165, 1.54) is 6.26 Å². The smallest absolute Gasteiger partial charge is 0.291 e. The molecular formula is C26H21ClN4O4. The van der Waals surface area contributed by atoms with Gasteiger partial charge in [0.25, 0.3) is 5.91 Å². The van der Waals surface area contributed by atoms with Crippen LogP contribution in [0.2, 0.25) is 5.02 Å². The SMILES string of the molecule is COCCOc1ccc(-c2cnc3nc(-c4cc(NC(=O)c5ccco5)ccc4Cl)[nH]c3c2)cc1. The zero-order valence-electron chi connectivity index (χ0n) is 18.7. The van der Waals surface area contributed by atoms with E-state index in [0.717, 1.165) is 22.4 Å². The number of fused-ring (bicyclic) bond motifs is 1. The van der Waals surface area contributed by atoms with E-state index in [1.807, 2.05) is 30.3 Å². The highest BCUT2D eigenvalue weighted by molar-refractivity contribution is 6.33. The Morgan fingerprint density at radius 3 is 2.71 bits per heavy atom. The van der Waals surface area contributed by atoms with E-state index in [1.54, 1.807) is 43.6 Å². The van der Waals surface area contributed by atoms with Crippen LogP contribution in [0.4, 0.5) is 5.69 Å². The summed E-state index contributed by atoms with van der Waals surface area (Å²) in [6.07, 6.45) is 3.22. The predicted molar refractivity (Wildman–Crippen MR) is 134 cm³/mol. The maximum Gasteiger partial charge on any atom is 0.291 e. The number of hydrogen-bond donors (Lipinski definition) is 2. The van der Waals surface area contributed by atoms with E-state index in [2.05, 4.69) is 20.3 Å². The molecule has 0 aliphatic rings. The summed E-state index contributed by atoms with van der Waals surface area (Å²) in [6.45, 7) is 1.03. The number of rotatable bonds is 8. The van der Waals surface area contributed by atoms with Gasteiger partial charge in [-0.3, -0.25) is 4.79 Å². The van der Waals surface area contributed by atoms with Crippen molar-refractivity contribution in [3.8, 4) is 28.3 Å². The molecule has 9 heteroatoms. The van der Waals surface area contributed by atoms with Crippen molar-refractivity contribution in [3.05, 3.63) is 83.9 Å². The molecule has 2 aromatic carbocycles. The van der Waals surface area contributed by atoms with E-state index in [-0.39, 0.29) is 11.7 Å². The third-order valence-electron chi connectivity index (χ3n) is 5.31. The van der Waals surface area contributed by atoms with Crippen molar-refractivity contribution in [1.82, 2.24) is 15.0 Å². The average molecular weight is 489 g/mol. The van der Waals surface area contributed by atoms with Gasteiger partial charge < -0.3 is 24.2 Å². The molecule has 176 valence electrons. The van der Waals surface area contributed by atoms with E-state index >= 15 is 0 Å². The molecule has 0 bridgehead atoms. The minimum atomic E-state index is -0.352. The highest BCUT2D eigenvalue weighted by atomic mass is 35.5. The lowest BCUT2D eigenvalue weighted by molar-refractivity contribution is 0.0996. The summed E-state index contributed by atoms with van der Waals surface area (Å²) in [5.41, 5.74) is 4.45. The number of benzene rings is 2. The van der Waals surface area contributed by atoms with Crippen molar-refractivity contribution in [3.63, 3.8) is 0 Å². The van der Waals surface area contributed by atoms with E-state index in [9.17, 15) is 4.79 Å². The number of pyridine rings is 1. The molecule has 0 radical (unpaired) electrons. The van der Waals surface area contributed by atoms with Crippen LogP contribution < -0.4 is 10.1 Å². The number of anilines is 1. The maximum absolute atomic E-state index is 12.3. The number of amides is 1. The number of halogens is 1. The number of imidazole rings is 1. The molecule has 5 rings (SSSR count). The summed E-state index contributed by atoms with van der Waals surface area (Å²) < 4.78 is 15.8. The Morgan fingerprint density at radius 1 is 1.09 bits per heavy atom. The van der Waals surface area contributed by atoms with Gasteiger partial charge in [-0.05, 0) is 54.1 Å². The highest BCUT2D eigenvalue weighted by Gasteiger charge is 2.14. The first-order chi connectivity index (χ1) is 17.1. The molecule has 0 saturated heterocycles. The first kappa shape index (κ1) is 22.6. The number of carbonyl (C=O) groups is 1. The molecule has 2 N–H and O–H groups in total. The van der Waals surface area contributed by atoms with Gasteiger partial charge in [0, 0.05) is 30.1 Å². The number of carbonyl (C=O) groups excluding carboxylic acids is 1. The zero-order chi connectivity index (χ0) is 24.2. The van der Waals surface area contributed by atoms with Gasteiger partial charge in [0.1, 0.15) is 18.2 Å². The molecule has 0 fully saturated rings. The number of furan rings is 1. The summed E-state index contributed by atoms with van der Waals surface area (Å²) in [5.74, 6) is 1.19. The van der Waals surface area contributed by atoms with Crippen molar-refractivity contribution in [2.45, 2.75) is 0 Å². The molecule has 0 saturated carbocycles. The van der Waals surface area contributed by atoms with Crippen LogP contribution in [0.15, 0.2) is 77.5 Å². The quantitative estimate of drug-likeness (QED) is 0.267. The zero-order valence-corrected chi connectivity index (χ0v) is 19.5. The number of hydrogen-bond acceptors (Lipinski definition) is 6. The van der Waals surface area contributed by atoms with Gasteiger partial charge in [-0.15, -0.1) is 0 Å². The molecule has 5 aromatic rings. The third-order valence-corrected chi connectivity index (χ3v) is 5.64. The van der Waals surface area contributed by atoms with Crippen LogP contribution in [0.5, 0.6) is 5.75 Å². The summed E-state index contributed by atoms with van der Waals surface area (Å²) in [6, 6.07) is 18.2. The predicted octanol–water partition coefficient (Wildman–Crippen LogP) is 5.82. The van der Waals surface area contributed by atoms with Crippen LogP contribution in [0.1, 0.15) is 10.6 Å². The Hall–Kier alpha value is -4.14. The Balaban J connectivity index is 1.39. The second-order valence-electron chi connectivity index (χ2n) is 7.67. The van der Waals surface area contributed by atoms with Crippen molar-refractivity contribution in [2.75, 3.05) is 25.6 Å². The lowest BCUT2D eigenvalue weighted by atomic mass is 10.1. The Kier molecular flexibility index (Phi) is 6.47. The fraction of sp³-hybridized carbons (Fsp3) is 0.115. The largest absolute Gasteiger partial charge is 0.491 e. The van der Waals surface area contributed by atoms with Gasteiger partial charge in [-0.1, -0.05) is 23.7 Å². The van der Waals surface area contributed by atoms with E-state index < -0.39 is 0 Å². The molecule has 0 spiro atoms. The number of aromatic nitrogens is 3. The van der Waals surface area contributed by atoms with Crippen molar-refractivity contribution >= 4 is 34.4 Å². The summed E-state index contributed by atoms with van der Waals surface area (Å²) in [4.78, 5) is 24.7. The lowest BCUT2D eigenvalue weighted by Crippen LogP contribution is -2.10. The number of methoxy groups -OCH3 is 1. The molecule has 35 heavy (non-hydrogen) atoms. The number of ether oxygens (including phenoxy) is 2. The van der Waals surface area contributed by atoms with Crippen LogP contribution in [0.3, 0.4) is 0 Å². The summed E-state index contributed by atoms with van der Waals surface area (Å²) in [5, 5.41) is 3.29. The molecular weight excluding hydrogens is 468 g/mol. The maximum atomic E-state index is 12.3. The van der Waals surface area contributed by atoms with Crippen molar-refractivity contribution in [1.29, 1.82) is 0 Å². The topological polar surface area (TPSA) is 102 Å². The molecule has 3 heterocycles. The van der Waals surface area contributed by atoms with Gasteiger partial charge >= 0.3 is 0 Å². The van der Waals surface area contributed by atoms with Gasteiger partial charge in [-0.2, -0.15) is 0 Å². The minimum absolute atomic E-state index is 0.219. The molecule has 0 atom stereocenters. The molecule has 0 unspecified atom stereocenters. The molecule has 3 aromatic heterocycles. The van der Waals surface area contributed by atoms with Crippen LogP contribution in [0.25, 0.3) is 33.7 Å². The van der Waals surface area contributed by atoms with Gasteiger partial charge in [0.2, 0.25) is 0 Å². The standard InChI is InChI=1S/C26H21ClN4O4/c1-33-11-12-34-19-7-4-16(5-8-19)17-13-22-25(28-15-17)31-24(30-22)20-14-18(6-9-21(20)27)29-26(32)23-3-2-10-35-23/h2-10,13-15H,11-12H2,1H3,(H,29,32)(H,28,30,31).